The topological polar surface area (TPSA) is 12.0 Å². The summed E-state index contributed by atoms with van der Waals surface area (Å²) in [5, 5.41) is 2.44. The Bertz CT molecular complexity index is 374. The largest absolute Gasteiger partial charge is 0.401 e. The van der Waals surface area contributed by atoms with Crippen molar-refractivity contribution < 1.29 is 13.2 Å². The molecule has 5 heteroatoms. The molecule has 0 saturated carbocycles. The van der Waals surface area contributed by atoms with Crippen molar-refractivity contribution in [1.29, 1.82) is 0 Å². The van der Waals surface area contributed by atoms with Gasteiger partial charge in [0.2, 0.25) is 0 Å². The highest BCUT2D eigenvalue weighted by atomic mass is 79.9. The van der Waals surface area contributed by atoms with Gasteiger partial charge in [-0.25, -0.2) is 0 Å². The number of nitrogens with one attached hydrogen (secondary N) is 1. The molecule has 0 aliphatic heterocycles. The van der Waals surface area contributed by atoms with Crippen LogP contribution in [0.3, 0.4) is 0 Å². The van der Waals surface area contributed by atoms with Gasteiger partial charge in [-0.05, 0) is 17.7 Å². The zero-order valence-corrected chi connectivity index (χ0v) is 11.3. The van der Waals surface area contributed by atoms with Crippen molar-refractivity contribution >= 4 is 15.9 Å². The van der Waals surface area contributed by atoms with E-state index in [4.69, 9.17) is 0 Å². The lowest BCUT2D eigenvalue weighted by Gasteiger charge is -2.26. The second kappa shape index (κ2) is 5.40. The van der Waals surface area contributed by atoms with Crippen molar-refractivity contribution in [2.45, 2.75) is 25.4 Å². The van der Waals surface area contributed by atoms with Gasteiger partial charge in [-0.3, -0.25) is 0 Å². The highest BCUT2D eigenvalue weighted by molar-refractivity contribution is 9.10. The second-order valence-corrected chi connectivity index (χ2v) is 5.53. The van der Waals surface area contributed by atoms with Gasteiger partial charge in [0.05, 0.1) is 6.54 Å². The van der Waals surface area contributed by atoms with E-state index in [9.17, 15) is 13.2 Å². The smallest absolute Gasteiger partial charge is 0.308 e. The number of benzene rings is 1. The van der Waals surface area contributed by atoms with E-state index in [2.05, 4.69) is 21.2 Å². The Morgan fingerprint density at radius 1 is 1.18 bits per heavy atom. The molecular formula is C12H15BrF3N. The van der Waals surface area contributed by atoms with Crippen molar-refractivity contribution in [1.82, 2.24) is 5.32 Å². The van der Waals surface area contributed by atoms with Gasteiger partial charge in [0.25, 0.3) is 0 Å². The quantitative estimate of drug-likeness (QED) is 0.890. The predicted octanol–water partition coefficient (Wildman–Crippen LogP) is 3.88. The highest BCUT2D eigenvalue weighted by Gasteiger charge is 2.28. The average molecular weight is 310 g/mol. The summed E-state index contributed by atoms with van der Waals surface area (Å²) in [4.78, 5) is 0. The molecule has 0 bridgehead atoms. The van der Waals surface area contributed by atoms with Crippen LogP contribution in [-0.4, -0.2) is 19.3 Å². The molecule has 0 aromatic heterocycles. The number of hydrogen-bond acceptors (Lipinski definition) is 1. The van der Waals surface area contributed by atoms with E-state index in [1.165, 1.54) is 0 Å². The van der Waals surface area contributed by atoms with E-state index in [0.717, 1.165) is 10.0 Å². The van der Waals surface area contributed by atoms with Crippen LogP contribution in [0, 0.1) is 0 Å². The SMILES string of the molecule is CC(C)(CNCC(F)(F)F)c1cccc(Br)c1. The maximum absolute atomic E-state index is 12.0. The van der Waals surface area contributed by atoms with Gasteiger partial charge in [0, 0.05) is 16.4 Å². The van der Waals surface area contributed by atoms with Crippen LogP contribution in [0.2, 0.25) is 0 Å². The summed E-state index contributed by atoms with van der Waals surface area (Å²) >= 11 is 3.35. The van der Waals surface area contributed by atoms with Crippen LogP contribution < -0.4 is 5.32 Å². The fraction of sp³-hybridized carbons (Fsp3) is 0.500. The summed E-state index contributed by atoms with van der Waals surface area (Å²) in [7, 11) is 0. The van der Waals surface area contributed by atoms with E-state index >= 15 is 0 Å². The van der Waals surface area contributed by atoms with Crippen LogP contribution in [-0.2, 0) is 5.41 Å². The molecule has 17 heavy (non-hydrogen) atoms. The predicted molar refractivity (Wildman–Crippen MR) is 66.1 cm³/mol. The van der Waals surface area contributed by atoms with E-state index in [-0.39, 0.29) is 12.0 Å². The molecule has 1 N–H and O–H groups in total. The zero-order valence-electron chi connectivity index (χ0n) is 9.74. The summed E-state index contributed by atoms with van der Waals surface area (Å²) in [6, 6.07) is 7.61. The van der Waals surface area contributed by atoms with Crippen molar-refractivity contribution in [3.63, 3.8) is 0 Å². The lowest BCUT2D eigenvalue weighted by molar-refractivity contribution is -0.125. The maximum atomic E-state index is 12.0. The first-order chi connectivity index (χ1) is 7.71. The summed E-state index contributed by atoms with van der Waals surface area (Å²) in [6.45, 7) is 3.16. The summed E-state index contributed by atoms with van der Waals surface area (Å²) in [5.74, 6) is 0. The molecule has 0 aliphatic carbocycles. The Morgan fingerprint density at radius 3 is 2.35 bits per heavy atom. The minimum atomic E-state index is -4.16. The lowest BCUT2D eigenvalue weighted by Crippen LogP contribution is -2.38. The molecule has 0 saturated heterocycles. The Hall–Kier alpha value is -0.550. The second-order valence-electron chi connectivity index (χ2n) is 4.61. The first kappa shape index (κ1) is 14.5. The van der Waals surface area contributed by atoms with Crippen molar-refractivity contribution in [2.75, 3.05) is 13.1 Å². The third-order valence-corrected chi connectivity index (χ3v) is 2.99. The van der Waals surface area contributed by atoms with Gasteiger partial charge in [-0.2, -0.15) is 13.2 Å². The molecular weight excluding hydrogens is 295 g/mol. The lowest BCUT2D eigenvalue weighted by atomic mass is 9.84. The van der Waals surface area contributed by atoms with Crippen molar-refractivity contribution in [2.24, 2.45) is 0 Å². The van der Waals surface area contributed by atoms with Crippen LogP contribution in [0.5, 0.6) is 0 Å². The molecule has 0 fully saturated rings. The summed E-state index contributed by atoms with van der Waals surface area (Å²) < 4.78 is 37.0. The van der Waals surface area contributed by atoms with Crippen LogP contribution in [0.1, 0.15) is 19.4 Å². The standard InChI is InChI=1S/C12H15BrF3N/c1-11(2,7-17-8-12(14,15)16)9-4-3-5-10(13)6-9/h3-6,17H,7-8H2,1-2H3. The van der Waals surface area contributed by atoms with E-state index in [0.29, 0.717) is 0 Å². The fourth-order valence-electron chi connectivity index (χ4n) is 1.53. The van der Waals surface area contributed by atoms with Crippen LogP contribution in [0.4, 0.5) is 13.2 Å². The third kappa shape index (κ3) is 5.08. The summed E-state index contributed by atoms with van der Waals surface area (Å²) in [6.07, 6.45) is -4.16. The molecule has 0 radical (unpaired) electrons. The molecule has 1 aromatic carbocycles. The van der Waals surface area contributed by atoms with Gasteiger partial charge < -0.3 is 5.32 Å². The molecule has 1 aromatic rings. The number of hydrogen-bond donors (Lipinski definition) is 1. The number of rotatable bonds is 4. The first-order valence-electron chi connectivity index (χ1n) is 5.24. The molecule has 1 rings (SSSR count). The Kier molecular flexibility index (Phi) is 4.61. The molecule has 0 spiro atoms. The monoisotopic (exact) mass is 309 g/mol. The van der Waals surface area contributed by atoms with Gasteiger partial charge in [-0.1, -0.05) is 41.9 Å². The van der Waals surface area contributed by atoms with Gasteiger partial charge in [-0.15, -0.1) is 0 Å². The normalized spacial score (nSPS) is 12.8. The molecule has 0 amide bonds. The molecule has 0 heterocycles. The Balaban J connectivity index is 2.62. The Morgan fingerprint density at radius 2 is 1.82 bits per heavy atom. The minimum Gasteiger partial charge on any atom is -0.308 e. The van der Waals surface area contributed by atoms with E-state index < -0.39 is 12.7 Å². The molecule has 96 valence electrons. The van der Waals surface area contributed by atoms with E-state index in [1.54, 1.807) is 0 Å². The molecule has 0 aliphatic rings. The fourth-order valence-corrected chi connectivity index (χ4v) is 1.93. The van der Waals surface area contributed by atoms with Gasteiger partial charge in [0.1, 0.15) is 0 Å². The summed E-state index contributed by atoms with van der Waals surface area (Å²) in [5.41, 5.74) is 0.663. The minimum absolute atomic E-state index is 0.281. The van der Waals surface area contributed by atoms with Crippen LogP contribution >= 0.6 is 15.9 Å². The van der Waals surface area contributed by atoms with E-state index in [1.807, 2.05) is 38.1 Å². The highest BCUT2D eigenvalue weighted by Crippen LogP contribution is 2.25. The molecule has 0 atom stereocenters. The maximum Gasteiger partial charge on any atom is 0.401 e. The number of alkyl halides is 3. The number of halogens is 4. The molecule has 1 nitrogen and oxygen atoms in total. The van der Waals surface area contributed by atoms with Crippen molar-refractivity contribution in [3.05, 3.63) is 34.3 Å². The Labute approximate surface area is 108 Å². The average Bonchev–Trinajstić information content (AvgIpc) is 2.15. The van der Waals surface area contributed by atoms with Gasteiger partial charge >= 0.3 is 6.18 Å². The van der Waals surface area contributed by atoms with Gasteiger partial charge in [0.15, 0.2) is 0 Å². The third-order valence-electron chi connectivity index (χ3n) is 2.50. The van der Waals surface area contributed by atoms with Crippen LogP contribution in [0.15, 0.2) is 28.7 Å². The van der Waals surface area contributed by atoms with Crippen LogP contribution in [0.25, 0.3) is 0 Å². The first-order valence-corrected chi connectivity index (χ1v) is 6.03. The zero-order chi connectivity index (χ0) is 13.1. The molecule has 0 unspecified atom stereocenters. The van der Waals surface area contributed by atoms with Crippen molar-refractivity contribution in [3.8, 4) is 0 Å².